The van der Waals surface area contributed by atoms with E-state index in [0.29, 0.717) is 17.1 Å². The quantitative estimate of drug-likeness (QED) is 0.195. The van der Waals surface area contributed by atoms with Crippen LogP contribution in [0.5, 0.6) is 40.2 Å². The number of rotatable bonds is 4. The Morgan fingerprint density at radius 3 is 2.51 bits per heavy atom. The molecule has 0 saturated heterocycles. The number of phenolic OH excluding ortho intramolecular Hbond substituents is 3. The van der Waals surface area contributed by atoms with Gasteiger partial charge in [-0.25, -0.2) is 4.79 Å². The second kappa shape index (κ2) is 8.34. The van der Waals surface area contributed by atoms with Crippen molar-refractivity contribution < 1.29 is 43.8 Å². The number of hydrogen-bond donors (Lipinski definition) is 4. The van der Waals surface area contributed by atoms with E-state index in [0.717, 1.165) is 24.3 Å². The fourth-order valence-electron chi connectivity index (χ4n) is 3.54. The van der Waals surface area contributed by atoms with Crippen molar-refractivity contribution in [1.82, 2.24) is 0 Å². The van der Waals surface area contributed by atoms with Crippen LogP contribution >= 0.6 is 0 Å². The fraction of sp³-hybridized carbons (Fsp3) is 0.0400. The van der Waals surface area contributed by atoms with Gasteiger partial charge in [-0.2, -0.15) is 0 Å². The van der Waals surface area contributed by atoms with Crippen LogP contribution in [0.2, 0.25) is 0 Å². The molecule has 1 aliphatic heterocycles. The summed E-state index contributed by atoms with van der Waals surface area (Å²) < 4.78 is 21.2. The maximum atomic E-state index is 12.5. The number of hydrogen-bond acceptors (Lipinski definition) is 10. The molecule has 0 amide bonds. The second-order valence-corrected chi connectivity index (χ2v) is 7.50. The number of benzene rings is 3. The summed E-state index contributed by atoms with van der Waals surface area (Å²) in [5.74, 6) is -2.28. The van der Waals surface area contributed by atoms with Crippen LogP contribution in [0, 0.1) is 0 Å². The molecule has 1 aliphatic rings. The van der Waals surface area contributed by atoms with Gasteiger partial charge in [0.15, 0.2) is 28.8 Å². The highest BCUT2D eigenvalue weighted by molar-refractivity contribution is 5.90. The molecular formula is C25H16O10. The number of phenols is 3. The third kappa shape index (κ3) is 4.04. The lowest BCUT2D eigenvalue weighted by atomic mass is 10.1. The smallest absolute Gasteiger partial charge is 0.336 e. The van der Waals surface area contributed by atoms with Gasteiger partial charge in [-0.3, -0.25) is 4.79 Å². The third-order valence-electron chi connectivity index (χ3n) is 5.18. The molecule has 0 bridgehead atoms. The van der Waals surface area contributed by atoms with E-state index in [2.05, 4.69) is 0 Å². The first-order chi connectivity index (χ1) is 16.8. The highest BCUT2D eigenvalue weighted by Gasteiger charge is 2.20. The average Bonchev–Trinajstić information content (AvgIpc) is 3.29. The summed E-state index contributed by atoms with van der Waals surface area (Å²) in [4.78, 5) is 24.7. The van der Waals surface area contributed by atoms with Crippen molar-refractivity contribution in [3.8, 4) is 51.6 Å². The second-order valence-electron chi connectivity index (χ2n) is 7.50. The Morgan fingerprint density at radius 1 is 0.914 bits per heavy atom. The highest BCUT2D eigenvalue weighted by Crippen LogP contribution is 2.38. The number of fused-ring (bicyclic) bond motifs is 2. The number of carbonyl (C=O) groups is 1. The monoisotopic (exact) mass is 476 g/mol. The van der Waals surface area contributed by atoms with Crippen LogP contribution in [-0.4, -0.2) is 33.2 Å². The summed E-state index contributed by atoms with van der Waals surface area (Å²) in [5.41, 5.74) is -0.353. The van der Waals surface area contributed by atoms with Gasteiger partial charge in [-0.05, 0) is 42.0 Å². The summed E-state index contributed by atoms with van der Waals surface area (Å²) >= 11 is 0. The van der Waals surface area contributed by atoms with Gasteiger partial charge in [0.05, 0.1) is 0 Å². The van der Waals surface area contributed by atoms with Crippen LogP contribution in [0.3, 0.4) is 0 Å². The molecule has 10 heteroatoms. The molecule has 4 N–H and O–H groups in total. The number of esters is 1. The van der Waals surface area contributed by atoms with E-state index in [1.807, 2.05) is 0 Å². The van der Waals surface area contributed by atoms with Crippen LogP contribution in [0.4, 0.5) is 0 Å². The van der Waals surface area contributed by atoms with Crippen LogP contribution in [0.1, 0.15) is 5.56 Å². The molecule has 10 nitrogen and oxygen atoms in total. The Labute approximate surface area is 196 Å². The van der Waals surface area contributed by atoms with Crippen molar-refractivity contribution in [2.45, 2.75) is 0 Å². The van der Waals surface area contributed by atoms with Crippen molar-refractivity contribution in [2.24, 2.45) is 0 Å². The Bertz CT molecular complexity index is 1580. The van der Waals surface area contributed by atoms with Gasteiger partial charge in [0, 0.05) is 23.8 Å². The van der Waals surface area contributed by atoms with Crippen LogP contribution in [0.15, 0.2) is 63.8 Å². The lowest BCUT2D eigenvalue weighted by Crippen LogP contribution is -2.04. The van der Waals surface area contributed by atoms with E-state index >= 15 is 0 Å². The van der Waals surface area contributed by atoms with Crippen LogP contribution < -0.4 is 19.6 Å². The standard InChI is InChI=1S/C25H16O10/c26-14-9-16(28)22-20(10-14)35-25(24(31)23(22)30)13-3-5-17(15(27)8-13)34-21(29)6-2-12-1-4-18-19(7-12)33-11-32-18/h1-10,26-28,31H,11H2/b6-2+. The van der Waals surface area contributed by atoms with E-state index in [-0.39, 0.29) is 40.6 Å². The predicted molar refractivity (Wildman–Crippen MR) is 122 cm³/mol. The van der Waals surface area contributed by atoms with Gasteiger partial charge in [0.2, 0.25) is 18.0 Å². The minimum Gasteiger partial charge on any atom is -0.508 e. The summed E-state index contributed by atoms with van der Waals surface area (Å²) in [6.07, 6.45) is 2.67. The molecule has 1 aromatic heterocycles. The van der Waals surface area contributed by atoms with Gasteiger partial charge >= 0.3 is 5.97 Å². The molecule has 0 atom stereocenters. The van der Waals surface area contributed by atoms with Gasteiger partial charge < -0.3 is 39.1 Å². The molecule has 0 spiro atoms. The molecule has 0 saturated carbocycles. The molecular weight excluding hydrogens is 460 g/mol. The lowest BCUT2D eigenvalue weighted by Gasteiger charge is -2.09. The van der Waals surface area contributed by atoms with Gasteiger partial charge in [0.25, 0.3) is 0 Å². The molecule has 176 valence electrons. The first-order valence-electron chi connectivity index (χ1n) is 10.1. The Morgan fingerprint density at radius 2 is 1.71 bits per heavy atom. The predicted octanol–water partition coefficient (Wildman–Crippen LogP) is 3.63. The summed E-state index contributed by atoms with van der Waals surface area (Å²) in [7, 11) is 0. The maximum Gasteiger partial charge on any atom is 0.336 e. The maximum absolute atomic E-state index is 12.5. The normalized spacial score (nSPS) is 12.3. The molecule has 3 aromatic carbocycles. The van der Waals surface area contributed by atoms with E-state index in [9.17, 15) is 30.0 Å². The molecule has 2 heterocycles. The molecule has 0 unspecified atom stereocenters. The van der Waals surface area contributed by atoms with Gasteiger partial charge in [-0.1, -0.05) is 6.07 Å². The Hall–Kier alpha value is -5.12. The molecule has 0 aliphatic carbocycles. The Kier molecular flexibility index (Phi) is 5.17. The van der Waals surface area contributed by atoms with Crippen molar-refractivity contribution in [3.63, 3.8) is 0 Å². The summed E-state index contributed by atoms with van der Waals surface area (Å²) in [6, 6.07) is 10.9. The zero-order valence-corrected chi connectivity index (χ0v) is 17.7. The van der Waals surface area contributed by atoms with Crippen molar-refractivity contribution in [1.29, 1.82) is 0 Å². The number of ether oxygens (including phenoxy) is 3. The number of aromatic hydroxyl groups is 4. The number of carbonyl (C=O) groups excluding carboxylic acids is 1. The largest absolute Gasteiger partial charge is 0.508 e. The summed E-state index contributed by atoms with van der Waals surface area (Å²) in [6.45, 7) is 0.130. The minimum absolute atomic E-state index is 0.0810. The molecule has 0 radical (unpaired) electrons. The molecule has 35 heavy (non-hydrogen) atoms. The first kappa shape index (κ1) is 21.7. The van der Waals surface area contributed by atoms with Crippen molar-refractivity contribution in [2.75, 3.05) is 6.79 Å². The van der Waals surface area contributed by atoms with Crippen molar-refractivity contribution >= 4 is 23.0 Å². The van der Waals surface area contributed by atoms with Crippen LogP contribution in [0.25, 0.3) is 28.4 Å². The zero-order chi connectivity index (χ0) is 24.7. The molecule has 4 aromatic rings. The minimum atomic E-state index is -0.928. The van der Waals surface area contributed by atoms with Gasteiger partial charge in [-0.15, -0.1) is 0 Å². The third-order valence-corrected chi connectivity index (χ3v) is 5.18. The van der Waals surface area contributed by atoms with Crippen molar-refractivity contribution in [3.05, 3.63) is 70.4 Å². The SMILES string of the molecule is O=C(/C=C/c1ccc2c(c1)OCO2)Oc1ccc(-c2oc3cc(O)cc(O)c3c(=O)c2O)cc1O. The molecule has 5 rings (SSSR count). The Balaban J connectivity index is 1.39. The topological polar surface area (TPSA) is 156 Å². The lowest BCUT2D eigenvalue weighted by molar-refractivity contribution is -0.129. The van der Waals surface area contributed by atoms with Gasteiger partial charge in [0.1, 0.15) is 22.5 Å². The summed E-state index contributed by atoms with van der Waals surface area (Å²) in [5, 5.41) is 39.9. The average molecular weight is 476 g/mol. The zero-order valence-electron chi connectivity index (χ0n) is 17.7. The molecule has 0 fully saturated rings. The van der Waals surface area contributed by atoms with E-state index in [1.54, 1.807) is 18.2 Å². The fourth-order valence-corrected chi connectivity index (χ4v) is 3.54. The highest BCUT2D eigenvalue weighted by atomic mass is 16.7. The van der Waals surface area contributed by atoms with E-state index in [1.165, 1.54) is 18.2 Å². The van der Waals surface area contributed by atoms with E-state index in [4.69, 9.17) is 18.6 Å². The van der Waals surface area contributed by atoms with Crippen LogP contribution in [-0.2, 0) is 4.79 Å². The van der Waals surface area contributed by atoms with E-state index < -0.39 is 28.6 Å². The first-order valence-corrected chi connectivity index (χ1v) is 10.1.